The quantitative estimate of drug-likeness (QED) is 0.903. The third-order valence-electron chi connectivity index (χ3n) is 4.20. The normalized spacial score (nSPS) is 15.0. The highest BCUT2D eigenvalue weighted by Gasteiger charge is 2.23. The fourth-order valence-electron chi connectivity index (χ4n) is 2.77. The number of carbonyl (C=O) groups excluding carboxylic acids is 2. The lowest BCUT2D eigenvalue weighted by Crippen LogP contribution is -2.46. The summed E-state index contributed by atoms with van der Waals surface area (Å²) in [5, 5.41) is 11.6. The number of nitrogens with one attached hydrogen (secondary N) is 1. The molecule has 23 heavy (non-hydrogen) atoms. The van der Waals surface area contributed by atoms with Crippen LogP contribution >= 0.6 is 0 Å². The van der Waals surface area contributed by atoms with E-state index in [1.807, 2.05) is 13.0 Å². The molecule has 1 saturated heterocycles. The highest BCUT2D eigenvalue weighted by Crippen LogP contribution is 2.12. The fraction of sp³-hybridized carbons (Fsp3) is 0.500. The van der Waals surface area contributed by atoms with Crippen LogP contribution in [0.4, 0.5) is 0 Å². The van der Waals surface area contributed by atoms with Crippen LogP contribution in [-0.4, -0.2) is 35.8 Å². The highest BCUT2D eigenvalue weighted by atomic mass is 16.2. The van der Waals surface area contributed by atoms with E-state index in [9.17, 15) is 9.59 Å². The summed E-state index contributed by atoms with van der Waals surface area (Å²) in [6.45, 7) is 3.27. The van der Waals surface area contributed by atoms with Crippen molar-refractivity contribution in [3.63, 3.8) is 0 Å². The summed E-state index contributed by atoms with van der Waals surface area (Å²) in [6, 6.07) is 10.2. The van der Waals surface area contributed by atoms with Crippen LogP contribution in [0.3, 0.4) is 0 Å². The van der Waals surface area contributed by atoms with Gasteiger partial charge in [0.2, 0.25) is 11.8 Å². The molecule has 1 N–H and O–H groups in total. The molecular formula is C18H23N3O2. The number of benzene rings is 1. The summed E-state index contributed by atoms with van der Waals surface area (Å²) in [7, 11) is 0. The molecule has 1 fully saturated rings. The average molecular weight is 313 g/mol. The molecule has 0 atom stereocenters. The van der Waals surface area contributed by atoms with Crippen LogP contribution in [0.25, 0.3) is 0 Å². The SMILES string of the molecule is Cc1ccc(CCC(=O)NC2CCN(C(=O)CC#N)CC2)cc1. The number of nitriles is 1. The molecule has 2 rings (SSSR count). The number of nitrogens with zero attached hydrogens (tertiary/aromatic N) is 2. The molecule has 2 amide bonds. The first-order chi connectivity index (χ1) is 11.1. The Bertz CT molecular complexity index is 581. The molecule has 1 heterocycles. The number of aryl methyl sites for hydroxylation is 2. The molecule has 0 aliphatic carbocycles. The molecule has 1 aromatic carbocycles. The monoisotopic (exact) mass is 313 g/mol. The molecule has 1 aliphatic rings. The van der Waals surface area contributed by atoms with Crippen molar-refractivity contribution in [2.45, 2.75) is 45.1 Å². The van der Waals surface area contributed by atoms with E-state index in [1.54, 1.807) is 4.90 Å². The lowest BCUT2D eigenvalue weighted by Gasteiger charge is -2.32. The molecule has 0 spiro atoms. The molecule has 1 aromatic rings. The van der Waals surface area contributed by atoms with Gasteiger partial charge in [-0.1, -0.05) is 29.8 Å². The van der Waals surface area contributed by atoms with Gasteiger partial charge in [-0.05, 0) is 31.7 Å². The summed E-state index contributed by atoms with van der Waals surface area (Å²) in [5.74, 6) is -0.0518. The minimum Gasteiger partial charge on any atom is -0.353 e. The first kappa shape index (κ1) is 17.0. The van der Waals surface area contributed by atoms with Crippen LogP contribution < -0.4 is 5.32 Å². The Balaban J connectivity index is 1.69. The number of piperidine rings is 1. The first-order valence-corrected chi connectivity index (χ1v) is 8.08. The molecule has 0 aromatic heterocycles. The summed E-state index contributed by atoms with van der Waals surface area (Å²) in [6.07, 6.45) is 2.68. The van der Waals surface area contributed by atoms with Gasteiger partial charge in [0.25, 0.3) is 0 Å². The van der Waals surface area contributed by atoms with E-state index in [2.05, 4.69) is 29.6 Å². The van der Waals surface area contributed by atoms with Gasteiger partial charge in [0.1, 0.15) is 6.42 Å². The van der Waals surface area contributed by atoms with Gasteiger partial charge in [-0.2, -0.15) is 5.26 Å². The number of hydrogen-bond acceptors (Lipinski definition) is 3. The zero-order chi connectivity index (χ0) is 16.7. The molecule has 1 aliphatic heterocycles. The van der Waals surface area contributed by atoms with E-state index in [1.165, 1.54) is 11.1 Å². The van der Waals surface area contributed by atoms with E-state index in [0.717, 1.165) is 19.3 Å². The number of hydrogen-bond donors (Lipinski definition) is 1. The summed E-state index contributed by atoms with van der Waals surface area (Å²) >= 11 is 0. The lowest BCUT2D eigenvalue weighted by molar-refractivity contribution is -0.131. The van der Waals surface area contributed by atoms with Crippen LogP contribution in [0, 0.1) is 18.3 Å². The molecule has 0 saturated carbocycles. The Morgan fingerprint density at radius 3 is 2.52 bits per heavy atom. The second-order valence-electron chi connectivity index (χ2n) is 6.04. The maximum absolute atomic E-state index is 12.0. The molecule has 0 radical (unpaired) electrons. The van der Waals surface area contributed by atoms with Gasteiger partial charge >= 0.3 is 0 Å². The number of amides is 2. The zero-order valence-electron chi connectivity index (χ0n) is 13.5. The largest absolute Gasteiger partial charge is 0.353 e. The smallest absolute Gasteiger partial charge is 0.236 e. The van der Waals surface area contributed by atoms with Crippen LogP contribution in [0.5, 0.6) is 0 Å². The van der Waals surface area contributed by atoms with Gasteiger partial charge in [0.15, 0.2) is 0 Å². The summed E-state index contributed by atoms with van der Waals surface area (Å²) < 4.78 is 0. The van der Waals surface area contributed by atoms with Crippen molar-refractivity contribution in [1.82, 2.24) is 10.2 Å². The van der Waals surface area contributed by atoms with E-state index < -0.39 is 0 Å². The van der Waals surface area contributed by atoms with Crippen molar-refractivity contribution >= 4 is 11.8 Å². The predicted molar refractivity (Wildman–Crippen MR) is 87.5 cm³/mol. The van der Waals surface area contributed by atoms with Crippen LogP contribution in [-0.2, 0) is 16.0 Å². The first-order valence-electron chi connectivity index (χ1n) is 8.08. The lowest BCUT2D eigenvalue weighted by atomic mass is 10.0. The number of carbonyl (C=O) groups is 2. The molecule has 0 unspecified atom stereocenters. The number of likely N-dealkylation sites (tertiary alicyclic amines) is 1. The maximum Gasteiger partial charge on any atom is 0.236 e. The second-order valence-corrected chi connectivity index (χ2v) is 6.04. The van der Waals surface area contributed by atoms with Crippen molar-refractivity contribution in [2.75, 3.05) is 13.1 Å². The van der Waals surface area contributed by atoms with E-state index in [0.29, 0.717) is 19.5 Å². The summed E-state index contributed by atoms with van der Waals surface area (Å²) in [5.41, 5.74) is 2.39. The van der Waals surface area contributed by atoms with Crippen molar-refractivity contribution in [3.8, 4) is 6.07 Å². The van der Waals surface area contributed by atoms with Gasteiger partial charge in [0.05, 0.1) is 6.07 Å². The van der Waals surface area contributed by atoms with Crippen molar-refractivity contribution in [3.05, 3.63) is 35.4 Å². The average Bonchev–Trinajstić information content (AvgIpc) is 2.55. The van der Waals surface area contributed by atoms with Gasteiger partial charge in [-0.3, -0.25) is 9.59 Å². The number of rotatable bonds is 5. The molecule has 5 heteroatoms. The second kappa shape index (κ2) is 8.33. The van der Waals surface area contributed by atoms with E-state index >= 15 is 0 Å². The Labute approximate surface area is 137 Å². The predicted octanol–water partition coefficient (Wildman–Crippen LogP) is 1.95. The minimum absolute atomic E-state index is 0.0619. The third kappa shape index (κ3) is 5.41. The Morgan fingerprint density at radius 1 is 1.26 bits per heavy atom. The highest BCUT2D eigenvalue weighted by molar-refractivity contribution is 5.78. The summed E-state index contributed by atoms with van der Waals surface area (Å²) in [4.78, 5) is 25.4. The zero-order valence-corrected chi connectivity index (χ0v) is 13.5. The topological polar surface area (TPSA) is 73.2 Å². The van der Waals surface area contributed by atoms with Gasteiger partial charge in [-0.15, -0.1) is 0 Å². The standard InChI is InChI=1S/C18H23N3O2/c1-14-2-4-15(5-3-14)6-7-17(22)20-16-9-12-21(13-10-16)18(23)8-11-19/h2-5,16H,6-10,12-13H2,1H3,(H,20,22). The minimum atomic E-state index is -0.114. The fourth-order valence-corrected chi connectivity index (χ4v) is 2.77. The maximum atomic E-state index is 12.0. The molecule has 122 valence electrons. The van der Waals surface area contributed by atoms with Gasteiger partial charge in [0, 0.05) is 25.6 Å². The van der Waals surface area contributed by atoms with E-state index in [-0.39, 0.29) is 24.3 Å². The van der Waals surface area contributed by atoms with Crippen LogP contribution in [0.1, 0.15) is 36.8 Å². The van der Waals surface area contributed by atoms with Crippen LogP contribution in [0.15, 0.2) is 24.3 Å². The van der Waals surface area contributed by atoms with Crippen molar-refractivity contribution < 1.29 is 9.59 Å². The molecular weight excluding hydrogens is 290 g/mol. The van der Waals surface area contributed by atoms with Crippen LogP contribution in [0.2, 0.25) is 0 Å². The molecule has 0 bridgehead atoms. The van der Waals surface area contributed by atoms with Gasteiger partial charge in [-0.25, -0.2) is 0 Å². The Hall–Kier alpha value is -2.35. The Morgan fingerprint density at radius 2 is 1.91 bits per heavy atom. The van der Waals surface area contributed by atoms with E-state index in [4.69, 9.17) is 5.26 Å². The van der Waals surface area contributed by atoms with Crippen molar-refractivity contribution in [2.24, 2.45) is 0 Å². The van der Waals surface area contributed by atoms with Crippen molar-refractivity contribution in [1.29, 1.82) is 5.26 Å². The molecule has 5 nitrogen and oxygen atoms in total. The third-order valence-corrected chi connectivity index (χ3v) is 4.20. The van der Waals surface area contributed by atoms with Gasteiger partial charge < -0.3 is 10.2 Å². The Kier molecular flexibility index (Phi) is 6.16.